The Hall–Kier alpha value is -2.39. The van der Waals surface area contributed by atoms with E-state index in [0.29, 0.717) is 0 Å². The lowest BCUT2D eigenvalue weighted by atomic mass is 10.1. The predicted octanol–water partition coefficient (Wildman–Crippen LogP) is 3.21. The van der Waals surface area contributed by atoms with Crippen LogP contribution in [0, 0.1) is 0 Å². The minimum absolute atomic E-state index is 0.0143. The van der Waals surface area contributed by atoms with E-state index in [0.717, 1.165) is 17.7 Å². The fourth-order valence-electron chi connectivity index (χ4n) is 2.08. The summed E-state index contributed by atoms with van der Waals surface area (Å²) in [5.41, 5.74) is -0.670. The first-order valence-electron chi connectivity index (χ1n) is 7.13. The zero-order chi connectivity index (χ0) is 18.4. The topological polar surface area (TPSA) is 67.4 Å². The first-order chi connectivity index (χ1) is 11.8. The fourth-order valence-corrected chi connectivity index (χ4v) is 2.78. The maximum atomic E-state index is 12.9. The van der Waals surface area contributed by atoms with Gasteiger partial charge in [-0.1, -0.05) is 12.1 Å². The first kappa shape index (κ1) is 18.9. The summed E-state index contributed by atoms with van der Waals surface area (Å²) in [5.74, 6) is -2.23. The number of amides is 2. The van der Waals surface area contributed by atoms with E-state index in [2.05, 4.69) is 5.32 Å². The van der Waals surface area contributed by atoms with Gasteiger partial charge in [-0.05, 0) is 34.5 Å². The highest BCUT2D eigenvalue weighted by molar-refractivity contribution is 7.07. The number of hydrogen-bond donors (Lipinski definition) is 2. The number of rotatable bonds is 5. The maximum absolute atomic E-state index is 12.9. The normalized spacial score (nSPS) is 12.5. The number of anilines is 1. The van der Waals surface area contributed by atoms with Crippen LogP contribution < -0.4 is 10.6 Å². The summed E-state index contributed by atoms with van der Waals surface area (Å²) >= 11 is 1.45. The molecule has 2 amide bonds. The summed E-state index contributed by atoms with van der Waals surface area (Å²) in [5, 5.41) is 8.00. The van der Waals surface area contributed by atoms with Crippen molar-refractivity contribution in [1.29, 1.82) is 0 Å². The van der Waals surface area contributed by atoms with Crippen molar-refractivity contribution in [1.82, 2.24) is 5.32 Å². The molecule has 0 fully saturated rings. The Bertz CT molecular complexity index is 732. The largest absolute Gasteiger partial charge is 0.418 e. The maximum Gasteiger partial charge on any atom is 0.418 e. The summed E-state index contributed by atoms with van der Waals surface area (Å²) in [6.07, 6.45) is -5.09. The Labute approximate surface area is 145 Å². The number of carbonyl (C=O) groups is 2. The van der Waals surface area contributed by atoms with Crippen molar-refractivity contribution in [3.63, 3.8) is 0 Å². The van der Waals surface area contributed by atoms with Crippen LogP contribution in [0.3, 0.4) is 0 Å². The lowest BCUT2D eigenvalue weighted by Crippen LogP contribution is -2.38. The molecule has 1 aromatic carbocycles. The zero-order valence-corrected chi connectivity index (χ0v) is 13.9. The van der Waals surface area contributed by atoms with Crippen LogP contribution in [0.2, 0.25) is 0 Å². The molecular weight excluding hydrogens is 357 g/mol. The van der Waals surface area contributed by atoms with Crippen LogP contribution in [-0.4, -0.2) is 25.5 Å². The zero-order valence-electron chi connectivity index (χ0n) is 13.1. The average molecular weight is 372 g/mol. The van der Waals surface area contributed by atoms with Gasteiger partial charge < -0.3 is 15.4 Å². The van der Waals surface area contributed by atoms with E-state index in [1.165, 1.54) is 30.6 Å². The van der Waals surface area contributed by atoms with E-state index in [-0.39, 0.29) is 6.54 Å². The van der Waals surface area contributed by atoms with Gasteiger partial charge in [-0.2, -0.15) is 24.5 Å². The molecule has 2 aromatic rings. The molecule has 2 N–H and O–H groups in total. The summed E-state index contributed by atoms with van der Waals surface area (Å²) < 4.78 is 43.9. The van der Waals surface area contributed by atoms with Crippen molar-refractivity contribution in [2.75, 3.05) is 19.0 Å². The first-order valence-corrected chi connectivity index (χ1v) is 8.07. The fraction of sp³-hybridized carbons (Fsp3) is 0.250. The minimum Gasteiger partial charge on any atom is -0.375 e. The number of para-hydroxylation sites is 1. The molecule has 0 radical (unpaired) electrons. The van der Waals surface area contributed by atoms with Crippen LogP contribution in [-0.2, 0) is 20.5 Å². The summed E-state index contributed by atoms with van der Waals surface area (Å²) in [4.78, 5) is 23.7. The number of thiophene rings is 1. The second-order valence-corrected chi connectivity index (χ2v) is 5.77. The molecule has 9 heteroatoms. The highest BCUT2D eigenvalue weighted by atomic mass is 32.1. The van der Waals surface area contributed by atoms with Crippen molar-refractivity contribution in [2.45, 2.75) is 12.3 Å². The van der Waals surface area contributed by atoms with Crippen LogP contribution >= 0.6 is 11.3 Å². The van der Waals surface area contributed by atoms with Gasteiger partial charge in [0.15, 0.2) is 0 Å². The number of methoxy groups -OCH3 is 1. The monoisotopic (exact) mass is 372 g/mol. The van der Waals surface area contributed by atoms with Gasteiger partial charge >= 0.3 is 18.0 Å². The quantitative estimate of drug-likeness (QED) is 0.792. The summed E-state index contributed by atoms with van der Waals surface area (Å²) in [6.45, 7) is 0.0143. The van der Waals surface area contributed by atoms with Crippen LogP contribution in [0.5, 0.6) is 0 Å². The van der Waals surface area contributed by atoms with Crippen molar-refractivity contribution >= 4 is 28.8 Å². The number of halogens is 3. The second kappa shape index (κ2) is 8.13. The van der Waals surface area contributed by atoms with Crippen LogP contribution in [0.25, 0.3) is 0 Å². The smallest absolute Gasteiger partial charge is 0.375 e. The molecule has 1 unspecified atom stereocenters. The van der Waals surface area contributed by atoms with E-state index in [1.54, 1.807) is 0 Å². The number of benzene rings is 1. The van der Waals surface area contributed by atoms with Gasteiger partial charge in [0, 0.05) is 13.7 Å². The van der Waals surface area contributed by atoms with Crippen molar-refractivity contribution in [2.24, 2.45) is 0 Å². The number of alkyl halides is 3. The Morgan fingerprint density at radius 1 is 1.20 bits per heavy atom. The van der Waals surface area contributed by atoms with Gasteiger partial charge in [-0.15, -0.1) is 0 Å². The van der Waals surface area contributed by atoms with Gasteiger partial charge in [-0.25, -0.2) is 0 Å². The van der Waals surface area contributed by atoms with Crippen LogP contribution in [0.15, 0.2) is 41.1 Å². The van der Waals surface area contributed by atoms with Crippen molar-refractivity contribution in [3.05, 3.63) is 52.2 Å². The summed E-state index contributed by atoms with van der Waals surface area (Å²) in [6, 6.07) is 6.25. The van der Waals surface area contributed by atoms with Crippen LogP contribution in [0.1, 0.15) is 17.2 Å². The third kappa shape index (κ3) is 5.04. The highest BCUT2D eigenvalue weighted by Gasteiger charge is 2.34. The number of carbonyl (C=O) groups excluding carboxylic acids is 2. The molecule has 1 aromatic heterocycles. The molecule has 5 nitrogen and oxygen atoms in total. The van der Waals surface area contributed by atoms with Gasteiger partial charge in [0.2, 0.25) is 0 Å². The molecule has 0 bridgehead atoms. The van der Waals surface area contributed by atoms with E-state index in [1.807, 2.05) is 22.1 Å². The van der Waals surface area contributed by atoms with E-state index >= 15 is 0 Å². The van der Waals surface area contributed by atoms with E-state index < -0.39 is 35.3 Å². The molecule has 1 heterocycles. The highest BCUT2D eigenvalue weighted by Crippen LogP contribution is 2.34. The van der Waals surface area contributed by atoms with E-state index in [9.17, 15) is 22.8 Å². The van der Waals surface area contributed by atoms with E-state index in [4.69, 9.17) is 4.74 Å². The Morgan fingerprint density at radius 3 is 2.52 bits per heavy atom. The molecule has 25 heavy (non-hydrogen) atoms. The number of hydrogen-bond acceptors (Lipinski definition) is 4. The molecule has 134 valence electrons. The third-order valence-corrected chi connectivity index (χ3v) is 4.04. The average Bonchev–Trinajstić information content (AvgIpc) is 3.09. The second-order valence-electron chi connectivity index (χ2n) is 4.99. The molecule has 2 rings (SSSR count). The third-order valence-electron chi connectivity index (χ3n) is 3.33. The Kier molecular flexibility index (Phi) is 6.16. The predicted molar refractivity (Wildman–Crippen MR) is 87.2 cm³/mol. The van der Waals surface area contributed by atoms with Gasteiger partial charge in [-0.3, -0.25) is 9.59 Å². The molecule has 0 saturated heterocycles. The van der Waals surface area contributed by atoms with Crippen molar-refractivity contribution in [3.8, 4) is 0 Å². The number of ether oxygens (including phenoxy) is 1. The molecule has 0 aliphatic heterocycles. The van der Waals surface area contributed by atoms with Gasteiger partial charge in [0.05, 0.1) is 11.3 Å². The molecule has 0 aliphatic carbocycles. The standard InChI is InChI=1S/C16H15F3N2O3S/c1-24-13(10-6-7-25-9-10)8-20-14(22)15(23)21-12-5-3-2-4-11(12)16(17,18)19/h2-7,9,13H,8H2,1H3,(H,20,22)(H,21,23). The molecule has 0 spiro atoms. The lowest BCUT2D eigenvalue weighted by molar-refractivity contribution is -0.138. The van der Waals surface area contributed by atoms with Crippen LogP contribution in [0.4, 0.5) is 18.9 Å². The van der Waals surface area contributed by atoms with Gasteiger partial charge in [0.25, 0.3) is 0 Å². The Balaban J connectivity index is 1.98. The molecular formula is C16H15F3N2O3S. The number of nitrogens with one attached hydrogen (secondary N) is 2. The minimum atomic E-state index is -4.64. The molecule has 0 aliphatic rings. The summed E-state index contributed by atoms with van der Waals surface area (Å²) in [7, 11) is 1.45. The SMILES string of the molecule is COC(CNC(=O)C(=O)Nc1ccccc1C(F)(F)F)c1ccsc1. The Morgan fingerprint density at radius 2 is 1.92 bits per heavy atom. The lowest BCUT2D eigenvalue weighted by Gasteiger charge is -2.16. The van der Waals surface area contributed by atoms with Crippen molar-refractivity contribution < 1.29 is 27.5 Å². The van der Waals surface area contributed by atoms with Gasteiger partial charge in [0.1, 0.15) is 6.10 Å². The molecule has 0 saturated carbocycles. The molecule has 1 atom stereocenters.